The van der Waals surface area contributed by atoms with Crippen molar-refractivity contribution in [3.05, 3.63) is 36.2 Å². The topological polar surface area (TPSA) is 69.9 Å². The molecule has 0 unspecified atom stereocenters. The lowest BCUT2D eigenvalue weighted by atomic mass is 10.1. The second-order valence-corrected chi connectivity index (χ2v) is 3.89. The molecule has 2 rings (SSSR count). The highest BCUT2D eigenvalue weighted by molar-refractivity contribution is 5.97. The number of benzene rings is 1. The summed E-state index contributed by atoms with van der Waals surface area (Å²) in [5.74, 6) is -0.113. The van der Waals surface area contributed by atoms with Crippen LogP contribution in [0.3, 0.4) is 0 Å². The molecule has 1 amide bonds. The van der Waals surface area contributed by atoms with E-state index >= 15 is 0 Å². The largest absolute Gasteiger partial charge is 0.341 e. The van der Waals surface area contributed by atoms with Crippen LogP contribution in [0.1, 0.15) is 16.8 Å². The maximum atomic E-state index is 12.1. The van der Waals surface area contributed by atoms with Crippen molar-refractivity contribution in [3.63, 3.8) is 0 Å². The van der Waals surface area contributed by atoms with E-state index < -0.39 is 0 Å². The summed E-state index contributed by atoms with van der Waals surface area (Å²) in [5, 5.41) is 8.50. The van der Waals surface area contributed by atoms with Crippen molar-refractivity contribution >= 4 is 16.9 Å². The van der Waals surface area contributed by atoms with E-state index in [-0.39, 0.29) is 5.91 Å². The SMILES string of the molecule is CN(CCC#N)C(=O)c1ccc2nccnc2c1. The van der Waals surface area contributed by atoms with Gasteiger partial charge in [-0.05, 0) is 18.2 Å². The Hall–Kier alpha value is -2.48. The Morgan fingerprint density at radius 1 is 1.33 bits per heavy atom. The molecule has 0 aliphatic carbocycles. The minimum atomic E-state index is -0.113. The van der Waals surface area contributed by atoms with E-state index in [2.05, 4.69) is 9.97 Å². The van der Waals surface area contributed by atoms with Crippen LogP contribution in [-0.4, -0.2) is 34.4 Å². The molecule has 1 aromatic carbocycles. The van der Waals surface area contributed by atoms with Gasteiger partial charge in [-0.1, -0.05) is 0 Å². The summed E-state index contributed by atoms with van der Waals surface area (Å²) in [5.41, 5.74) is 2.01. The van der Waals surface area contributed by atoms with E-state index in [1.165, 1.54) is 4.90 Å². The van der Waals surface area contributed by atoms with Gasteiger partial charge in [0.05, 0.1) is 23.5 Å². The lowest BCUT2D eigenvalue weighted by Crippen LogP contribution is -2.27. The molecular weight excluding hydrogens is 228 g/mol. The zero-order valence-electron chi connectivity index (χ0n) is 10.00. The molecule has 0 N–H and O–H groups in total. The van der Waals surface area contributed by atoms with Gasteiger partial charge >= 0.3 is 0 Å². The van der Waals surface area contributed by atoms with Crippen molar-refractivity contribution in [3.8, 4) is 6.07 Å². The van der Waals surface area contributed by atoms with E-state index in [0.717, 1.165) is 5.52 Å². The van der Waals surface area contributed by atoms with Crippen molar-refractivity contribution in [2.45, 2.75) is 6.42 Å². The van der Waals surface area contributed by atoms with Gasteiger partial charge in [-0.3, -0.25) is 14.8 Å². The first-order valence-electron chi connectivity index (χ1n) is 5.55. The normalized spacial score (nSPS) is 10.0. The molecule has 0 saturated carbocycles. The molecule has 0 radical (unpaired) electrons. The maximum Gasteiger partial charge on any atom is 0.253 e. The second-order valence-electron chi connectivity index (χ2n) is 3.89. The molecule has 90 valence electrons. The number of hydrogen-bond acceptors (Lipinski definition) is 4. The van der Waals surface area contributed by atoms with Crippen LogP contribution in [0, 0.1) is 11.3 Å². The Kier molecular flexibility index (Phi) is 3.49. The zero-order chi connectivity index (χ0) is 13.0. The molecule has 0 fully saturated rings. The number of rotatable bonds is 3. The van der Waals surface area contributed by atoms with Crippen LogP contribution >= 0.6 is 0 Å². The molecule has 0 atom stereocenters. The average molecular weight is 240 g/mol. The number of amides is 1. The van der Waals surface area contributed by atoms with Crippen LogP contribution < -0.4 is 0 Å². The first-order chi connectivity index (χ1) is 8.72. The van der Waals surface area contributed by atoms with Crippen LogP contribution in [0.4, 0.5) is 0 Å². The lowest BCUT2D eigenvalue weighted by molar-refractivity contribution is 0.0798. The summed E-state index contributed by atoms with van der Waals surface area (Å²) in [6, 6.07) is 7.23. The Balaban J connectivity index is 2.25. The molecule has 1 heterocycles. The third kappa shape index (κ3) is 2.43. The number of fused-ring (bicyclic) bond motifs is 1. The van der Waals surface area contributed by atoms with Crippen LogP contribution in [0.5, 0.6) is 0 Å². The van der Waals surface area contributed by atoms with Crippen LogP contribution in [-0.2, 0) is 0 Å². The summed E-state index contributed by atoms with van der Waals surface area (Å²) in [7, 11) is 1.68. The van der Waals surface area contributed by atoms with Crippen molar-refractivity contribution in [2.24, 2.45) is 0 Å². The Morgan fingerprint density at radius 2 is 2.06 bits per heavy atom. The van der Waals surface area contributed by atoms with Gasteiger partial charge in [0.2, 0.25) is 0 Å². The predicted octanol–water partition coefficient (Wildman–Crippen LogP) is 1.62. The second kappa shape index (κ2) is 5.23. The highest BCUT2D eigenvalue weighted by atomic mass is 16.2. The smallest absolute Gasteiger partial charge is 0.253 e. The van der Waals surface area contributed by atoms with Crippen LogP contribution in [0.15, 0.2) is 30.6 Å². The standard InChI is InChI=1S/C13H12N4O/c1-17(8-2-5-14)13(18)10-3-4-11-12(9-10)16-7-6-15-11/h3-4,6-7,9H,2,8H2,1H3. The minimum absolute atomic E-state index is 0.113. The van der Waals surface area contributed by atoms with Crippen LogP contribution in [0.25, 0.3) is 11.0 Å². The van der Waals surface area contributed by atoms with Gasteiger partial charge in [0.25, 0.3) is 5.91 Å². The highest BCUT2D eigenvalue weighted by Crippen LogP contribution is 2.12. The monoisotopic (exact) mass is 240 g/mol. The quantitative estimate of drug-likeness (QED) is 0.817. The van der Waals surface area contributed by atoms with Gasteiger partial charge in [0.15, 0.2) is 0 Å². The Morgan fingerprint density at radius 3 is 2.78 bits per heavy atom. The molecule has 0 aliphatic heterocycles. The molecular formula is C13H12N4O. The summed E-state index contributed by atoms with van der Waals surface area (Å²) >= 11 is 0. The molecule has 0 bridgehead atoms. The zero-order valence-corrected chi connectivity index (χ0v) is 10.00. The number of carbonyl (C=O) groups excluding carboxylic acids is 1. The minimum Gasteiger partial charge on any atom is -0.341 e. The molecule has 0 aliphatic rings. The van der Waals surface area contributed by atoms with E-state index in [0.29, 0.717) is 24.0 Å². The number of aromatic nitrogens is 2. The molecule has 2 aromatic rings. The predicted molar refractivity (Wildman–Crippen MR) is 66.7 cm³/mol. The van der Waals surface area contributed by atoms with Gasteiger partial charge in [-0.25, -0.2) is 0 Å². The molecule has 1 aromatic heterocycles. The maximum absolute atomic E-state index is 12.1. The first kappa shape index (κ1) is 12.0. The van der Waals surface area contributed by atoms with E-state index in [4.69, 9.17) is 5.26 Å². The van der Waals surface area contributed by atoms with E-state index in [1.54, 1.807) is 37.6 Å². The van der Waals surface area contributed by atoms with Gasteiger partial charge in [-0.15, -0.1) is 0 Å². The highest BCUT2D eigenvalue weighted by Gasteiger charge is 2.11. The van der Waals surface area contributed by atoms with Crippen molar-refractivity contribution < 1.29 is 4.79 Å². The Bertz CT molecular complexity index is 618. The fraction of sp³-hybridized carbons (Fsp3) is 0.231. The summed E-state index contributed by atoms with van der Waals surface area (Å²) in [4.78, 5) is 21.9. The molecule has 5 heteroatoms. The molecule has 18 heavy (non-hydrogen) atoms. The first-order valence-corrected chi connectivity index (χ1v) is 5.55. The summed E-state index contributed by atoms with van der Waals surface area (Å²) in [6.07, 6.45) is 3.54. The van der Waals surface area contributed by atoms with Crippen molar-refractivity contribution in [1.29, 1.82) is 5.26 Å². The fourth-order valence-electron chi connectivity index (χ4n) is 1.64. The van der Waals surface area contributed by atoms with E-state index in [1.807, 2.05) is 6.07 Å². The molecule has 0 spiro atoms. The summed E-state index contributed by atoms with van der Waals surface area (Å²) < 4.78 is 0. The lowest BCUT2D eigenvalue weighted by Gasteiger charge is -2.15. The van der Waals surface area contributed by atoms with Crippen molar-refractivity contribution in [1.82, 2.24) is 14.9 Å². The third-order valence-corrected chi connectivity index (χ3v) is 2.62. The Labute approximate surface area is 105 Å². The van der Waals surface area contributed by atoms with Crippen LogP contribution in [0.2, 0.25) is 0 Å². The van der Waals surface area contributed by atoms with E-state index in [9.17, 15) is 4.79 Å². The average Bonchev–Trinajstić information content (AvgIpc) is 2.43. The third-order valence-electron chi connectivity index (χ3n) is 2.62. The summed E-state index contributed by atoms with van der Waals surface area (Å²) in [6.45, 7) is 0.424. The van der Waals surface area contributed by atoms with Gasteiger partial charge < -0.3 is 4.90 Å². The fourth-order valence-corrected chi connectivity index (χ4v) is 1.64. The van der Waals surface area contributed by atoms with Gasteiger partial charge in [-0.2, -0.15) is 5.26 Å². The number of nitriles is 1. The van der Waals surface area contributed by atoms with Crippen molar-refractivity contribution in [2.75, 3.05) is 13.6 Å². The number of hydrogen-bond donors (Lipinski definition) is 0. The van der Waals surface area contributed by atoms with Gasteiger partial charge in [0.1, 0.15) is 0 Å². The molecule has 0 saturated heterocycles. The number of carbonyl (C=O) groups is 1. The molecule has 5 nitrogen and oxygen atoms in total. The van der Waals surface area contributed by atoms with Gasteiger partial charge in [0, 0.05) is 31.5 Å². The number of nitrogens with zero attached hydrogens (tertiary/aromatic N) is 4.